The van der Waals surface area contributed by atoms with Crippen molar-refractivity contribution in [1.29, 1.82) is 0 Å². The molecule has 0 N–H and O–H groups in total. The molecule has 2 aromatic rings. The van der Waals surface area contributed by atoms with Gasteiger partial charge in [-0.15, -0.1) is 11.6 Å². The van der Waals surface area contributed by atoms with E-state index in [-0.39, 0.29) is 10.9 Å². The van der Waals surface area contributed by atoms with Crippen LogP contribution in [0.1, 0.15) is 32.0 Å². The number of halogens is 2. The quantitative estimate of drug-likeness (QED) is 0.806. The largest absolute Gasteiger partial charge is 0.310 e. The highest BCUT2D eigenvalue weighted by atomic mass is 35.5. The number of rotatable bonds is 4. The normalized spacial score (nSPS) is 14.2. The van der Waals surface area contributed by atoms with E-state index in [1.807, 2.05) is 13.0 Å². The Labute approximate surface area is 129 Å². The van der Waals surface area contributed by atoms with Gasteiger partial charge in [0.2, 0.25) is 0 Å². The highest BCUT2D eigenvalue weighted by Gasteiger charge is 2.25. The highest BCUT2D eigenvalue weighted by molar-refractivity contribution is 6.31. The SMILES string of the molecule is CC(Cl)c1nc2cc(Cl)cnc2n1CC(C)(C)N(C)C. The van der Waals surface area contributed by atoms with Gasteiger partial charge in [-0.2, -0.15) is 0 Å². The van der Waals surface area contributed by atoms with E-state index in [9.17, 15) is 0 Å². The summed E-state index contributed by atoms with van der Waals surface area (Å²) < 4.78 is 2.09. The third-order valence-corrected chi connectivity index (χ3v) is 4.09. The molecule has 20 heavy (non-hydrogen) atoms. The summed E-state index contributed by atoms with van der Waals surface area (Å²) in [5, 5.41) is 0.406. The first-order valence-electron chi connectivity index (χ1n) is 6.55. The molecule has 2 heterocycles. The van der Waals surface area contributed by atoms with Gasteiger partial charge >= 0.3 is 0 Å². The number of likely N-dealkylation sites (N-methyl/N-ethyl adjacent to an activating group) is 1. The second kappa shape index (κ2) is 5.51. The van der Waals surface area contributed by atoms with Crippen LogP contribution >= 0.6 is 23.2 Å². The number of aromatic nitrogens is 3. The van der Waals surface area contributed by atoms with Crippen molar-refractivity contribution in [2.24, 2.45) is 0 Å². The van der Waals surface area contributed by atoms with Crippen molar-refractivity contribution in [2.45, 2.75) is 38.2 Å². The average Bonchev–Trinajstić information content (AvgIpc) is 2.66. The van der Waals surface area contributed by atoms with Crippen LogP contribution in [-0.4, -0.2) is 39.1 Å². The van der Waals surface area contributed by atoms with Crippen LogP contribution in [-0.2, 0) is 6.54 Å². The fourth-order valence-corrected chi connectivity index (χ4v) is 2.31. The Bertz CT molecular complexity index is 617. The Morgan fingerprint density at radius 1 is 1.40 bits per heavy atom. The predicted molar refractivity (Wildman–Crippen MR) is 84.6 cm³/mol. The zero-order chi connectivity index (χ0) is 15.1. The third kappa shape index (κ3) is 2.92. The Kier molecular flexibility index (Phi) is 4.28. The van der Waals surface area contributed by atoms with Crippen LogP contribution < -0.4 is 0 Å². The summed E-state index contributed by atoms with van der Waals surface area (Å²) in [7, 11) is 4.13. The summed E-state index contributed by atoms with van der Waals surface area (Å²) in [6, 6.07) is 1.83. The average molecular weight is 315 g/mol. The maximum Gasteiger partial charge on any atom is 0.160 e. The molecule has 110 valence electrons. The van der Waals surface area contributed by atoms with Gasteiger partial charge in [0.15, 0.2) is 5.65 Å². The molecule has 1 unspecified atom stereocenters. The van der Waals surface area contributed by atoms with Crippen LogP contribution in [0.3, 0.4) is 0 Å². The van der Waals surface area contributed by atoms with Gasteiger partial charge < -0.3 is 9.47 Å². The Morgan fingerprint density at radius 2 is 2.05 bits per heavy atom. The van der Waals surface area contributed by atoms with Gasteiger partial charge in [0.25, 0.3) is 0 Å². The lowest BCUT2D eigenvalue weighted by Crippen LogP contribution is -2.42. The molecule has 0 fully saturated rings. The predicted octanol–water partition coefficient (Wildman–Crippen LogP) is 3.72. The molecule has 0 aliphatic carbocycles. The minimum Gasteiger partial charge on any atom is -0.310 e. The number of hydrogen-bond donors (Lipinski definition) is 0. The number of imidazole rings is 1. The number of hydrogen-bond acceptors (Lipinski definition) is 3. The van der Waals surface area contributed by atoms with E-state index >= 15 is 0 Å². The zero-order valence-electron chi connectivity index (χ0n) is 12.5. The topological polar surface area (TPSA) is 34.0 Å². The van der Waals surface area contributed by atoms with Crippen molar-refractivity contribution in [1.82, 2.24) is 19.4 Å². The molecular formula is C14H20Cl2N4. The molecule has 0 aromatic carbocycles. The van der Waals surface area contributed by atoms with Crippen molar-refractivity contribution in [3.05, 3.63) is 23.1 Å². The number of nitrogens with zero attached hydrogens (tertiary/aromatic N) is 4. The van der Waals surface area contributed by atoms with Gasteiger partial charge in [0.05, 0.1) is 10.4 Å². The first-order valence-corrected chi connectivity index (χ1v) is 7.37. The fourth-order valence-electron chi connectivity index (χ4n) is 1.99. The van der Waals surface area contributed by atoms with Gasteiger partial charge in [0.1, 0.15) is 11.3 Å². The Hall–Kier alpha value is -0.840. The number of alkyl halides is 1. The summed E-state index contributed by atoms with van der Waals surface area (Å²) in [5.74, 6) is 0.825. The van der Waals surface area contributed by atoms with E-state index in [2.05, 4.69) is 47.4 Å². The summed E-state index contributed by atoms with van der Waals surface area (Å²) >= 11 is 12.3. The van der Waals surface area contributed by atoms with E-state index in [0.717, 1.165) is 23.5 Å². The lowest BCUT2D eigenvalue weighted by Gasteiger charge is -2.33. The Morgan fingerprint density at radius 3 is 2.60 bits per heavy atom. The van der Waals surface area contributed by atoms with E-state index in [4.69, 9.17) is 23.2 Å². The molecule has 2 rings (SSSR count). The van der Waals surface area contributed by atoms with Gasteiger partial charge in [-0.3, -0.25) is 0 Å². The van der Waals surface area contributed by atoms with Crippen LogP contribution in [0.4, 0.5) is 0 Å². The zero-order valence-corrected chi connectivity index (χ0v) is 14.0. The lowest BCUT2D eigenvalue weighted by atomic mass is 10.0. The molecular weight excluding hydrogens is 295 g/mol. The molecule has 0 aliphatic rings. The van der Waals surface area contributed by atoms with Crippen molar-refractivity contribution in [3.63, 3.8) is 0 Å². The van der Waals surface area contributed by atoms with Crippen molar-refractivity contribution < 1.29 is 0 Å². The second-order valence-corrected chi connectivity index (χ2v) is 6.97. The van der Waals surface area contributed by atoms with Crippen LogP contribution in [0.5, 0.6) is 0 Å². The van der Waals surface area contributed by atoms with E-state index in [1.165, 1.54) is 0 Å². The molecule has 0 bridgehead atoms. The van der Waals surface area contributed by atoms with Gasteiger partial charge in [-0.05, 0) is 40.9 Å². The third-order valence-electron chi connectivity index (χ3n) is 3.69. The molecule has 4 nitrogen and oxygen atoms in total. The van der Waals surface area contributed by atoms with Crippen LogP contribution in [0.15, 0.2) is 12.3 Å². The van der Waals surface area contributed by atoms with Gasteiger partial charge in [-0.1, -0.05) is 11.6 Å². The van der Waals surface area contributed by atoms with Crippen molar-refractivity contribution >= 4 is 34.4 Å². The molecule has 2 aromatic heterocycles. The van der Waals surface area contributed by atoms with Crippen LogP contribution in [0, 0.1) is 0 Å². The van der Waals surface area contributed by atoms with Crippen LogP contribution in [0.2, 0.25) is 5.02 Å². The van der Waals surface area contributed by atoms with E-state index < -0.39 is 0 Å². The molecule has 0 aliphatic heterocycles. The maximum atomic E-state index is 6.27. The summed E-state index contributed by atoms with van der Waals surface area (Å²) in [4.78, 5) is 11.2. The van der Waals surface area contributed by atoms with Crippen molar-refractivity contribution in [2.75, 3.05) is 14.1 Å². The second-order valence-electron chi connectivity index (χ2n) is 5.88. The lowest BCUT2D eigenvalue weighted by molar-refractivity contribution is 0.169. The number of fused-ring (bicyclic) bond motifs is 1. The summed E-state index contributed by atoms with van der Waals surface area (Å²) in [6.45, 7) is 7.04. The number of pyridine rings is 1. The molecule has 0 saturated carbocycles. The first kappa shape index (κ1) is 15.5. The van der Waals surface area contributed by atoms with Gasteiger partial charge in [-0.25, -0.2) is 9.97 Å². The molecule has 1 atom stereocenters. The molecule has 6 heteroatoms. The standard InChI is InChI=1S/C14H20Cl2N4/c1-9(15)12-18-11-6-10(16)7-17-13(11)20(12)8-14(2,3)19(4)5/h6-7,9H,8H2,1-5H3. The summed E-state index contributed by atoms with van der Waals surface area (Å²) in [6.07, 6.45) is 1.65. The molecule has 0 amide bonds. The minimum atomic E-state index is -0.180. The fraction of sp³-hybridized carbons (Fsp3) is 0.571. The Balaban J connectivity index is 2.57. The van der Waals surface area contributed by atoms with E-state index in [1.54, 1.807) is 6.20 Å². The van der Waals surface area contributed by atoms with Gasteiger partial charge in [0, 0.05) is 18.3 Å². The molecule has 0 spiro atoms. The molecule has 0 saturated heterocycles. The van der Waals surface area contributed by atoms with E-state index in [0.29, 0.717) is 5.02 Å². The first-order chi connectivity index (χ1) is 9.22. The molecule has 0 radical (unpaired) electrons. The smallest absolute Gasteiger partial charge is 0.160 e. The monoisotopic (exact) mass is 314 g/mol. The minimum absolute atomic E-state index is 0.0323. The van der Waals surface area contributed by atoms with Crippen molar-refractivity contribution in [3.8, 4) is 0 Å². The highest BCUT2D eigenvalue weighted by Crippen LogP contribution is 2.27. The maximum absolute atomic E-state index is 6.27. The summed E-state index contributed by atoms with van der Waals surface area (Å²) in [5.41, 5.74) is 1.58. The van der Waals surface area contributed by atoms with Crippen LogP contribution in [0.25, 0.3) is 11.2 Å².